The van der Waals surface area contributed by atoms with E-state index in [1.807, 2.05) is 5.32 Å². The monoisotopic (exact) mass is 312 g/mol. The topological polar surface area (TPSA) is 58.2 Å². The molecule has 0 spiro atoms. The van der Waals surface area contributed by atoms with Crippen molar-refractivity contribution in [2.24, 2.45) is 0 Å². The molecule has 20 heavy (non-hydrogen) atoms. The SMILES string of the molecule is O=S(=O)(Nc1cc(F)cc(NCC(F)(F)F)c1)C1CC1. The lowest BCUT2D eigenvalue weighted by Gasteiger charge is -2.12. The fourth-order valence-electron chi connectivity index (χ4n) is 1.58. The van der Waals surface area contributed by atoms with Crippen LogP contribution in [0, 0.1) is 5.82 Å². The first-order chi connectivity index (χ1) is 9.16. The standard InChI is InChI=1S/C11H12F4N2O2S/c12-7-3-8(16-6-11(13,14)15)5-9(4-7)17-20(18,19)10-1-2-10/h3-5,10,16-17H,1-2,6H2. The first kappa shape index (κ1) is 14.9. The number of anilines is 2. The van der Waals surface area contributed by atoms with Crippen LogP contribution in [0.3, 0.4) is 0 Å². The van der Waals surface area contributed by atoms with E-state index in [0.717, 1.165) is 18.2 Å². The summed E-state index contributed by atoms with van der Waals surface area (Å²) in [6, 6.07) is 2.90. The van der Waals surface area contributed by atoms with Gasteiger partial charge in [0.15, 0.2) is 0 Å². The Balaban J connectivity index is 2.12. The van der Waals surface area contributed by atoms with E-state index in [2.05, 4.69) is 4.72 Å². The molecule has 1 aliphatic rings. The average molecular weight is 312 g/mol. The van der Waals surface area contributed by atoms with Crippen molar-refractivity contribution in [1.82, 2.24) is 0 Å². The fraction of sp³-hybridized carbons (Fsp3) is 0.455. The van der Waals surface area contributed by atoms with Crippen LogP contribution in [0.5, 0.6) is 0 Å². The molecule has 9 heteroatoms. The van der Waals surface area contributed by atoms with Crippen molar-refractivity contribution in [3.8, 4) is 0 Å². The molecule has 0 unspecified atom stereocenters. The Bertz CT molecular complexity index is 597. The molecular formula is C11H12F4N2O2S. The van der Waals surface area contributed by atoms with Gasteiger partial charge in [-0.15, -0.1) is 0 Å². The molecule has 1 fully saturated rings. The van der Waals surface area contributed by atoms with Crippen LogP contribution in [0.4, 0.5) is 28.9 Å². The molecule has 1 aliphatic carbocycles. The number of rotatable bonds is 5. The third-order valence-corrected chi connectivity index (χ3v) is 4.48. The summed E-state index contributed by atoms with van der Waals surface area (Å²) in [7, 11) is -3.58. The Morgan fingerprint density at radius 1 is 1.15 bits per heavy atom. The molecular weight excluding hydrogens is 300 g/mol. The Morgan fingerprint density at radius 2 is 1.75 bits per heavy atom. The largest absolute Gasteiger partial charge is 0.405 e. The van der Waals surface area contributed by atoms with Crippen molar-refractivity contribution in [3.63, 3.8) is 0 Å². The van der Waals surface area contributed by atoms with E-state index in [1.165, 1.54) is 0 Å². The van der Waals surface area contributed by atoms with Crippen LogP contribution in [0.2, 0.25) is 0 Å². The number of halogens is 4. The van der Waals surface area contributed by atoms with Gasteiger partial charge in [-0.2, -0.15) is 13.2 Å². The smallest absolute Gasteiger partial charge is 0.376 e. The Labute approximate surface area is 113 Å². The van der Waals surface area contributed by atoms with Crippen molar-refractivity contribution >= 4 is 21.4 Å². The van der Waals surface area contributed by atoms with Crippen LogP contribution in [-0.4, -0.2) is 26.4 Å². The molecule has 1 saturated carbocycles. The number of hydrogen-bond donors (Lipinski definition) is 2. The van der Waals surface area contributed by atoms with E-state index in [1.54, 1.807) is 0 Å². The highest BCUT2D eigenvalue weighted by Crippen LogP contribution is 2.30. The average Bonchev–Trinajstić information content (AvgIpc) is 3.07. The molecule has 2 N–H and O–H groups in total. The Kier molecular flexibility index (Phi) is 3.81. The van der Waals surface area contributed by atoms with Gasteiger partial charge in [-0.25, -0.2) is 12.8 Å². The highest BCUT2D eigenvalue weighted by Gasteiger charge is 2.35. The first-order valence-corrected chi connectivity index (χ1v) is 7.33. The van der Waals surface area contributed by atoms with Gasteiger partial charge in [0.1, 0.15) is 12.4 Å². The van der Waals surface area contributed by atoms with Crippen LogP contribution in [0.15, 0.2) is 18.2 Å². The lowest BCUT2D eigenvalue weighted by molar-refractivity contribution is -0.115. The van der Waals surface area contributed by atoms with E-state index in [9.17, 15) is 26.0 Å². The lowest BCUT2D eigenvalue weighted by atomic mass is 10.2. The van der Waals surface area contributed by atoms with E-state index >= 15 is 0 Å². The van der Waals surface area contributed by atoms with E-state index in [-0.39, 0.29) is 11.4 Å². The Morgan fingerprint density at radius 3 is 2.30 bits per heavy atom. The minimum atomic E-state index is -4.44. The van der Waals surface area contributed by atoms with Crippen LogP contribution >= 0.6 is 0 Å². The van der Waals surface area contributed by atoms with Gasteiger partial charge in [0.2, 0.25) is 10.0 Å². The predicted octanol–water partition coefficient (Wildman–Crippen LogP) is 2.70. The maximum Gasteiger partial charge on any atom is 0.405 e. The van der Waals surface area contributed by atoms with Crippen LogP contribution in [-0.2, 0) is 10.0 Å². The normalized spacial score (nSPS) is 16.0. The molecule has 2 rings (SSSR count). The summed E-state index contributed by atoms with van der Waals surface area (Å²) in [5, 5.41) is 1.49. The van der Waals surface area contributed by atoms with Gasteiger partial charge in [0.25, 0.3) is 0 Å². The van der Waals surface area contributed by atoms with Crippen molar-refractivity contribution in [3.05, 3.63) is 24.0 Å². The second kappa shape index (κ2) is 5.12. The second-order valence-electron chi connectivity index (χ2n) is 4.54. The zero-order valence-electron chi connectivity index (χ0n) is 10.2. The van der Waals surface area contributed by atoms with Gasteiger partial charge in [0.05, 0.1) is 10.9 Å². The first-order valence-electron chi connectivity index (χ1n) is 5.78. The summed E-state index contributed by atoms with van der Waals surface area (Å²) in [6.45, 7) is -1.33. The molecule has 0 atom stereocenters. The van der Waals surface area contributed by atoms with Crippen LogP contribution in [0.25, 0.3) is 0 Å². The summed E-state index contributed by atoms with van der Waals surface area (Å²) in [5.74, 6) is -0.828. The molecule has 0 aliphatic heterocycles. The summed E-state index contributed by atoms with van der Waals surface area (Å²) in [5.41, 5.74) is -0.239. The van der Waals surface area contributed by atoms with Gasteiger partial charge >= 0.3 is 6.18 Å². The molecule has 4 nitrogen and oxygen atoms in total. The molecule has 1 aromatic rings. The van der Waals surface area contributed by atoms with E-state index < -0.39 is 33.8 Å². The Hall–Kier alpha value is -1.51. The van der Waals surface area contributed by atoms with Gasteiger partial charge in [0, 0.05) is 5.69 Å². The summed E-state index contributed by atoms with van der Waals surface area (Å²) >= 11 is 0. The van der Waals surface area contributed by atoms with Crippen molar-refractivity contribution in [1.29, 1.82) is 0 Å². The maximum atomic E-state index is 13.3. The fourth-order valence-corrected chi connectivity index (χ4v) is 2.95. The number of sulfonamides is 1. The summed E-state index contributed by atoms with van der Waals surface area (Å²) in [4.78, 5) is 0. The molecule has 0 bridgehead atoms. The van der Waals surface area contributed by atoms with Crippen molar-refractivity contribution in [2.75, 3.05) is 16.6 Å². The van der Waals surface area contributed by atoms with E-state index in [4.69, 9.17) is 0 Å². The van der Waals surface area contributed by atoms with Crippen LogP contribution < -0.4 is 10.0 Å². The third kappa shape index (κ3) is 4.26. The molecule has 0 radical (unpaired) electrons. The van der Waals surface area contributed by atoms with Crippen molar-refractivity contribution < 1.29 is 26.0 Å². The predicted molar refractivity (Wildman–Crippen MR) is 66.5 cm³/mol. The van der Waals surface area contributed by atoms with Gasteiger partial charge in [-0.1, -0.05) is 0 Å². The number of alkyl halides is 3. The van der Waals surface area contributed by atoms with Gasteiger partial charge < -0.3 is 5.32 Å². The summed E-state index contributed by atoms with van der Waals surface area (Å²) < 4.78 is 75.0. The maximum absolute atomic E-state index is 13.3. The quantitative estimate of drug-likeness (QED) is 0.822. The molecule has 0 aromatic heterocycles. The minimum absolute atomic E-state index is 0.0958. The molecule has 112 valence electrons. The number of benzene rings is 1. The molecule has 0 amide bonds. The van der Waals surface area contributed by atoms with Crippen LogP contribution in [0.1, 0.15) is 12.8 Å². The molecule has 1 aromatic carbocycles. The third-order valence-electron chi connectivity index (χ3n) is 2.61. The van der Waals surface area contributed by atoms with Crippen molar-refractivity contribution in [2.45, 2.75) is 24.3 Å². The second-order valence-corrected chi connectivity index (χ2v) is 6.50. The highest BCUT2D eigenvalue weighted by molar-refractivity contribution is 7.93. The molecule has 0 saturated heterocycles. The zero-order chi connectivity index (χ0) is 15.0. The van der Waals surface area contributed by atoms with Gasteiger partial charge in [-0.3, -0.25) is 4.72 Å². The number of nitrogens with one attached hydrogen (secondary N) is 2. The lowest BCUT2D eigenvalue weighted by Crippen LogP contribution is -2.21. The van der Waals surface area contributed by atoms with Gasteiger partial charge in [-0.05, 0) is 31.0 Å². The van der Waals surface area contributed by atoms with E-state index in [0.29, 0.717) is 12.8 Å². The molecule has 0 heterocycles. The highest BCUT2D eigenvalue weighted by atomic mass is 32.2. The minimum Gasteiger partial charge on any atom is -0.376 e. The zero-order valence-corrected chi connectivity index (χ0v) is 11.0. The summed E-state index contributed by atoms with van der Waals surface area (Å²) in [6.07, 6.45) is -3.38. The number of hydrogen-bond acceptors (Lipinski definition) is 3.